The van der Waals surface area contributed by atoms with E-state index in [1.807, 2.05) is 0 Å². The Labute approximate surface area is 184 Å². The van der Waals surface area contributed by atoms with Crippen LogP contribution in [0.5, 0.6) is 0 Å². The van der Waals surface area contributed by atoms with Crippen LogP contribution in [0, 0.1) is 18.7 Å². The molecule has 0 aromatic heterocycles. The third-order valence-corrected chi connectivity index (χ3v) is 4.07. The van der Waals surface area contributed by atoms with Gasteiger partial charge < -0.3 is 11.1 Å². The maximum absolute atomic E-state index is 12.6. The standard InChI is InChI=1S/C13H18FNO.C10H8.C2H2.CH3NO/c1-2-3-10-15-13(16)9-6-11-4-7-12(14)8-5-11;1-2-6-10-8-4-3-7-9(10)5-1;1-2;2-1-3/h4-5,7-8H,2-3,6,9-10H2,1H3,(H,15,16);1-8H;1-2H;1H,(H2,2,3). The van der Waals surface area contributed by atoms with Crippen molar-refractivity contribution in [3.8, 4) is 12.8 Å². The quantitative estimate of drug-likeness (QED) is 0.338. The maximum atomic E-state index is 12.6. The fourth-order valence-corrected chi connectivity index (χ4v) is 2.53. The van der Waals surface area contributed by atoms with Gasteiger partial charge in [0.05, 0.1) is 0 Å². The molecule has 0 saturated carbocycles. The number of nitrogens with two attached hydrogens (primary N) is 1. The maximum Gasteiger partial charge on any atom is 0.220 e. The summed E-state index contributed by atoms with van der Waals surface area (Å²) < 4.78 is 12.6. The highest BCUT2D eigenvalue weighted by molar-refractivity contribution is 5.82. The minimum absolute atomic E-state index is 0.0674. The minimum atomic E-state index is -0.240. The number of amides is 2. The predicted molar refractivity (Wildman–Crippen MR) is 127 cm³/mol. The zero-order valence-electron chi connectivity index (χ0n) is 18.0. The van der Waals surface area contributed by atoms with Gasteiger partial charge in [-0.05, 0) is 41.3 Å². The van der Waals surface area contributed by atoms with Gasteiger partial charge in [0, 0.05) is 13.0 Å². The molecule has 0 spiro atoms. The van der Waals surface area contributed by atoms with Crippen molar-refractivity contribution in [2.24, 2.45) is 5.73 Å². The van der Waals surface area contributed by atoms with Crippen molar-refractivity contribution in [3.05, 3.63) is 84.2 Å². The number of unbranched alkanes of at least 4 members (excludes halogenated alkanes) is 1. The molecule has 3 aromatic rings. The van der Waals surface area contributed by atoms with E-state index in [4.69, 9.17) is 4.79 Å². The molecule has 3 aromatic carbocycles. The third kappa shape index (κ3) is 13.2. The first kappa shape index (κ1) is 27.4. The van der Waals surface area contributed by atoms with Crippen LogP contribution in [0.15, 0.2) is 72.8 Å². The summed E-state index contributed by atoms with van der Waals surface area (Å²) >= 11 is 0. The number of hydrogen-bond donors (Lipinski definition) is 2. The van der Waals surface area contributed by atoms with Gasteiger partial charge in [0.25, 0.3) is 0 Å². The topological polar surface area (TPSA) is 72.2 Å². The summed E-state index contributed by atoms with van der Waals surface area (Å²) in [5, 5.41) is 5.47. The Hall–Kier alpha value is -3.65. The number of primary amides is 1. The van der Waals surface area contributed by atoms with E-state index >= 15 is 0 Å². The first-order valence-electron chi connectivity index (χ1n) is 10.0. The summed E-state index contributed by atoms with van der Waals surface area (Å²) in [6, 6.07) is 23.0. The van der Waals surface area contributed by atoms with E-state index < -0.39 is 0 Å². The fraction of sp³-hybridized carbons (Fsp3) is 0.231. The molecule has 0 heterocycles. The van der Waals surface area contributed by atoms with Gasteiger partial charge in [-0.2, -0.15) is 0 Å². The Morgan fingerprint density at radius 3 is 1.84 bits per heavy atom. The molecule has 0 aliphatic heterocycles. The number of rotatable bonds is 6. The highest BCUT2D eigenvalue weighted by atomic mass is 19.1. The number of nitrogens with one attached hydrogen (secondary N) is 1. The largest absolute Gasteiger partial charge is 0.372 e. The predicted octanol–water partition coefficient (Wildman–Crippen LogP) is 4.87. The first-order chi connectivity index (χ1) is 15.1. The van der Waals surface area contributed by atoms with Crippen LogP contribution in [0.3, 0.4) is 0 Å². The molecular weight excluding hydrogens is 391 g/mol. The average Bonchev–Trinajstić information content (AvgIpc) is 2.81. The minimum Gasteiger partial charge on any atom is -0.372 e. The molecule has 0 atom stereocenters. The number of carbonyl (C=O) groups is 2. The summed E-state index contributed by atoms with van der Waals surface area (Å²) in [4.78, 5) is 20.0. The van der Waals surface area contributed by atoms with Gasteiger partial charge in [0.2, 0.25) is 12.3 Å². The van der Waals surface area contributed by atoms with Crippen LogP contribution in [0.4, 0.5) is 4.39 Å². The van der Waals surface area contributed by atoms with E-state index in [2.05, 4.69) is 79.4 Å². The number of benzene rings is 3. The molecule has 3 rings (SSSR count). The monoisotopic (exact) mass is 422 g/mol. The van der Waals surface area contributed by atoms with E-state index in [0.717, 1.165) is 24.9 Å². The van der Waals surface area contributed by atoms with E-state index in [0.29, 0.717) is 12.8 Å². The molecule has 164 valence electrons. The molecule has 0 fully saturated rings. The van der Waals surface area contributed by atoms with Crippen LogP contribution >= 0.6 is 0 Å². The lowest BCUT2D eigenvalue weighted by molar-refractivity contribution is -0.121. The Balaban J connectivity index is 0.000000509. The number of aryl methyl sites for hydroxylation is 1. The molecule has 0 saturated heterocycles. The summed E-state index contributed by atoms with van der Waals surface area (Å²) in [6.07, 6.45) is 11.5. The van der Waals surface area contributed by atoms with Crippen LogP contribution in [0.2, 0.25) is 0 Å². The van der Waals surface area contributed by atoms with Crippen molar-refractivity contribution in [1.82, 2.24) is 5.32 Å². The Kier molecular flexibility index (Phi) is 16.2. The molecule has 3 N–H and O–H groups in total. The van der Waals surface area contributed by atoms with Crippen LogP contribution < -0.4 is 11.1 Å². The second-order valence-electron chi connectivity index (χ2n) is 6.31. The van der Waals surface area contributed by atoms with Crippen molar-refractivity contribution >= 4 is 23.1 Å². The van der Waals surface area contributed by atoms with Gasteiger partial charge in [0.15, 0.2) is 0 Å². The Morgan fingerprint density at radius 2 is 1.42 bits per heavy atom. The smallest absolute Gasteiger partial charge is 0.220 e. The van der Waals surface area contributed by atoms with Crippen LogP contribution in [-0.2, 0) is 16.0 Å². The molecule has 4 nitrogen and oxygen atoms in total. The second kappa shape index (κ2) is 18.4. The summed E-state index contributed by atoms with van der Waals surface area (Å²) in [5.74, 6) is -0.172. The van der Waals surface area contributed by atoms with Gasteiger partial charge in [-0.1, -0.05) is 74.0 Å². The van der Waals surface area contributed by atoms with E-state index in [1.165, 1.54) is 22.9 Å². The van der Waals surface area contributed by atoms with E-state index in [9.17, 15) is 9.18 Å². The van der Waals surface area contributed by atoms with Gasteiger partial charge in [-0.15, -0.1) is 12.8 Å². The SMILES string of the molecule is C#C.CCCCNC(=O)CCc1ccc(F)cc1.NC=O.c1ccc2ccccc2c1. The zero-order chi connectivity index (χ0) is 23.3. The van der Waals surface area contributed by atoms with E-state index in [1.54, 1.807) is 12.1 Å². The number of carbonyl (C=O) groups excluding carboxylic acids is 2. The van der Waals surface area contributed by atoms with Gasteiger partial charge in [-0.25, -0.2) is 4.39 Å². The number of hydrogen-bond acceptors (Lipinski definition) is 2. The first-order valence-corrected chi connectivity index (χ1v) is 10.0. The second-order valence-corrected chi connectivity index (χ2v) is 6.31. The van der Waals surface area contributed by atoms with Crippen LogP contribution in [0.1, 0.15) is 31.7 Å². The molecular formula is C26H31FN2O2. The summed E-state index contributed by atoms with van der Waals surface area (Å²) in [5.41, 5.74) is 5.16. The van der Waals surface area contributed by atoms with Crippen LogP contribution in [-0.4, -0.2) is 18.9 Å². The van der Waals surface area contributed by atoms with Crippen molar-refractivity contribution in [2.75, 3.05) is 6.54 Å². The Morgan fingerprint density at radius 1 is 0.968 bits per heavy atom. The normalized spacial score (nSPS) is 8.90. The molecule has 31 heavy (non-hydrogen) atoms. The highest BCUT2D eigenvalue weighted by Gasteiger charge is 2.01. The van der Waals surface area contributed by atoms with E-state index in [-0.39, 0.29) is 18.1 Å². The molecule has 0 radical (unpaired) electrons. The number of fused-ring (bicyclic) bond motifs is 1. The van der Waals surface area contributed by atoms with Crippen molar-refractivity contribution < 1.29 is 14.0 Å². The van der Waals surface area contributed by atoms with Crippen molar-refractivity contribution in [3.63, 3.8) is 0 Å². The van der Waals surface area contributed by atoms with Crippen molar-refractivity contribution in [1.29, 1.82) is 0 Å². The summed E-state index contributed by atoms with van der Waals surface area (Å²) in [6.45, 7) is 2.84. The highest BCUT2D eigenvalue weighted by Crippen LogP contribution is 2.11. The molecule has 5 heteroatoms. The number of halogens is 1. The molecule has 0 aliphatic rings. The van der Waals surface area contributed by atoms with Gasteiger partial charge in [-0.3, -0.25) is 9.59 Å². The van der Waals surface area contributed by atoms with Gasteiger partial charge >= 0.3 is 0 Å². The van der Waals surface area contributed by atoms with Crippen molar-refractivity contribution in [2.45, 2.75) is 32.6 Å². The summed E-state index contributed by atoms with van der Waals surface area (Å²) in [7, 11) is 0. The fourth-order valence-electron chi connectivity index (χ4n) is 2.53. The molecule has 2 amide bonds. The number of terminal acetylenes is 1. The molecule has 0 aliphatic carbocycles. The lowest BCUT2D eigenvalue weighted by atomic mass is 10.1. The third-order valence-electron chi connectivity index (χ3n) is 4.07. The lowest BCUT2D eigenvalue weighted by Gasteiger charge is -2.04. The molecule has 0 unspecified atom stereocenters. The Bertz CT molecular complexity index is 827. The lowest BCUT2D eigenvalue weighted by Crippen LogP contribution is -2.24. The zero-order valence-corrected chi connectivity index (χ0v) is 18.0. The van der Waals surface area contributed by atoms with Gasteiger partial charge in [0.1, 0.15) is 5.82 Å². The average molecular weight is 423 g/mol. The molecule has 0 bridgehead atoms. The van der Waals surface area contributed by atoms with Crippen LogP contribution in [0.25, 0.3) is 10.8 Å².